The highest BCUT2D eigenvalue weighted by Crippen LogP contribution is 2.20. The standard InChI is InChI=1S/C12H16N4OS2/c1-7-4-14-11(19-7)8(2)13-5-10-6-18-12(16-10)15-9(3)17/h4,6,8,13H,5H2,1-3H3,(H,15,16,17)/t8-/m0/s1. The van der Waals surface area contributed by atoms with Crippen molar-refractivity contribution in [3.05, 3.63) is 27.2 Å². The van der Waals surface area contributed by atoms with E-state index in [2.05, 4.69) is 27.5 Å². The summed E-state index contributed by atoms with van der Waals surface area (Å²) < 4.78 is 0. The Bertz CT molecular complexity index is 564. The van der Waals surface area contributed by atoms with E-state index in [0.717, 1.165) is 10.7 Å². The summed E-state index contributed by atoms with van der Waals surface area (Å²) in [5.74, 6) is -0.0968. The number of amides is 1. The van der Waals surface area contributed by atoms with Crippen LogP contribution in [-0.4, -0.2) is 15.9 Å². The van der Waals surface area contributed by atoms with Gasteiger partial charge >= 0.3 is 0 Å². The van der Waals surface area contributed by atoms with Crippen LogP contribution in [-0.2, 0) is 11.3 Å². The maximum Gasteiger partial charge on any atom is 0.223 e. The molecule has 0 bridgehead atoms. The normalized spacial score (nSPS) is 12.4. The number of hydrogen-bond donors (Lipinski definition) is 2. The number of hydrogen-bond acceptors (Lipinski definition) is 6. The lowest BCUT2D eigenvalue weighted by Gasteiger charge is -2.09. The molecule has 2 aromatic rings. The molecular weight excluding hydrogens is 280 g/mol. The van der Waals surface area contributed by atoms with Gasteiger partial charge in [0.25, 0.3) is 0 Å². The van der Waals surface area contributed by atoms with Crippen molar-refractivity contribution in [3.8, 4) is 0 Å². The van der Waals surface area contributed by atoms with Crippen molar-refractivity contribution in [2.45, 2.75) is 33.4 Å². The molecule has 0 radical (unpaired) electrons. The zero-order chi connectivity index (χ0) is 13.8. The lowest BCUT2D eigenvalue weighted by atomic mass is 10.3. The Kier molecular flexibility index (Phi) is 4.62. The molecule has 0 aliphatic heterocycles. The number of aromatic nitrogens is 2. The average Bonchev–Trinajstić information content (AvgIpc) is 2.94. The van der Waals surface area contributed by atoms with E-state index in [9.17, 15) is 4.79 Å². The van der Waals surface area contributed by atoms with Crippen LogP contribution in [0, 0.1) is 6.92 Å². The Balaban J connectivity index is 1.88. The second-order valence-electron chi connectivity index (χ2n) is 4.24. The van der Waals surface area contributed by atoms with E-state index in [-0.39, 0.29) is 11.9 Å². The van der Waals surface area contributed by atoms with Crippen LogP contribution in [0.15, 0.2) is 11.6 Å². The van der Waals surface area contributed by atoms with Crippen LogP contribution in [0.25, 0.3) is 0 Å². The quantitative estimate of drug-likeness (QED) is 0.890. The first-order valence-electron chi connectivity index (χ1n) is 5.92. The van der Waals surface area contributed by atoms with Gasteiger partial charge in [0.2, 0.25) is 5.91 Å². The molecule has 0 spiro atoms. The number of nitrogens with zero attached hydrogens (tertiary/aromatic N) is 2. The number of carbonyl (C=O) groups excluding carboxylic acids is 1. The Morgan fingerprint density at radius 1 is 1.53 bits per heavy atom. The van der Waals surface area contributed by atoms with Crippen LogP contribution in [0.2, 0.25) is 0 Å². The van der Waals surface area contributed by atoms with Crippen molar-refractivity contribution >= 4 is 33.7 Å². The SMILES string of the molecule is CC(=O)Nc1nc(CN[C@@H](C)c2ncc(C)s2)cs1. The lowest BCUT2D eigenvalue weighted by Crippen LogP contribution is -2.18. The van der Waals surface area contributed by atoms with Crippen LogP contribution < -0.4 is 10.6 Å². The molecule has 2 heterocycles. The van der Waals surface area contributed by atoms with Crippen molar-refractivity contribution in [1.29, 1.82) is 0 Å². The maximum atomic E-state index is 10.9. The minimum atomic E-state index is -0.0968. The van der Waals surface area contributed by atoms with E-state index in [1.165, 1.54) is 23.1 Å². The molecule has 102 valence electrons. The number of rotatable bonds is 5. The molecule has 0 unspecified atom stereocenters. The fraction of sp³-hybridized carbons (Fsp3) is 0.417. The third kappa shape index (κ3) is 4.09. The molecule has 0 saturated carbocycles. The predicted octanol–water partition coefficient (Wildman–Crippen LogP) is 2.72. The van der Waals surface area contributed by atoms with Gasteiger partial charge in [0.1, 0.15) is 5.01 Å². The van der Waals surface area contributed by atoms with Gasteiger partial charge in [-0.2, -0.15) is 0 Å². The molecule has 1 amide bonds. The smallest absolute Gasteiger partial charge is 0.223 e. The molecule has 2 N–H and O–H groups in total. The van der Waals surface area contributed by atoms with E-state index < -0.39 is 0 Å². The lowest BCUT2D eigenvalue weighted by molar-refractivity contribution is -0.114. The summed E-state index contributed by atoms with van der Waals surface area (Å²) in [4.78, 5) is 20.8. The van der Waals surface area contributed by atoms with E-state index in [0.29, 0.717) is 11.7 Å². The van der Waals surface area contributed by atoms with Gasteiger partial charge in [-0.25, -0.2) is 9.97 Å². The average molecular weight is 296 g/mol. The highest BCUT2D eigenvalue weighted by molar-refractivity contribution is 7.14. The monoisotopic (exact) mass is 296 g/mol. The zero-order valence-electron chi connectivity index (χ0n) is 11.1. The maximum absolute atomic E-state index is 10.9. The first kappa shape index (κ1) is 14.1. The topological polar surface area (TPSA) is 66.9 Å². The molecule has 2 aromatic heterocycles. The first-order valence-corrected chi connectivity index (χ1v) is 7.62. The molecule has 19 heavy (non-hydrogen) atoms. The molecule has 5 nitrogen and oxygen atoms in total. The first-order chi connectivity index (χ1) is 9.04. The number of carbonyl (C=O) groups is 1. The Hall–Kier alpha value is -1.31. The summed E-state index contributed by atoms with van der Waals surface area (Å²) in [7, 11) is 0. The van der Waals surface area contributed by atoms with Crippen molar-refractivity contribution in [3.63, 3.8) is 0 Å². The second kappa shape index (κ2) is 6.23. The summed E-state index contributed by atoms with van der Waals surface area (Å²) >= 11 is 3.13. The molecular formula is C12H16N4OS2. The fourth-order valence-electron chi connectivity index (χ4n) is 1.51. The van der Waals surface area contributed by atoms with E-state index in [1.54, 1.807) is 11.3 Å². The third-order valence-corrected chi connectivity index (χ3v) is 4.34. The zero-order valence-corrected chi connectivity index (χ0v) is 12.7. The summed E-state index contributed by atoms with van der Waals surface area (Å²) in [5, 5.41) is 9.71. The summed E-state index contributed by atoms with van der Waals surface area (Å²) in [6, 6.07) is 0.199. The van der Waals surface area contributed by atoms with E-state index in [1.807, 2.05) is 18.5 Å². The van der Waals surface area contributed by atoms with Gasteiger partial charge < -0.3 is 10.6 Å². The van der Waals surface area contributed by atoms with Gasteiger partial charge in [0, 0.05) is 29.9 Å². The van der Waals surface area contributed by atoms with Crippen LogP contribution in [0.4, 0.5) is 5.13 Å². The fourth-order valence-corrected chi connectivity index (χ4v) is 3.07. The highest BCUT2D eigenvalue weighted by Gasteiger charge is 2.10. The van der Waals surface area contributed by atoms with Gasteiger partial charge in [0.05, 0.1) is 11.7 Å². The summed E-state index contributed by atoms with van der Waals surface area (Å²) in [5.41, 5.74) is 0.925. The number of aryl methyl sites for hydroxylation is 1. The van der Waals surface area contributed by atoms with Crippen LogP contribution in [0.3, 0.4) is 0 Å². The Morgan fingerprint density at radius 2 is 2.32 bits per heavy atom. The third-order valence-electron chi connectivity index (χ3n) is 2.43. The number of anilines is 1. The summed E-state index contributed by atoms with van der Waals surface area (Å²) in [6.07, 6.45) is 1.88. The summed E-state index contributed by atoms with van der Waals surface area (Å²) in [6.45, 7) is 6.27. The highest BCUT2D eigenvalue weighted by atomic mass is 32.1. The van der Waals surface area contributed by atoms with E-state index >= 15 is 0 Å². The molecule has 0 saturated heterocycles. The number of nitrogens with one attached hydrogen (secondary N) is 2. The molecule has 2 rings (SSSR count). The van der Waals surface area contributed by atoms with Crippen molar-refractivity contribution in [2.75, 3.05) is 5.32 Å². The Morgan fingerprint density at radius 3 is 2.95 bits per heavy atom. The van der Waals surface area contributed by atoms with Crippen molar-refractivity contribution < 1.29 is 4.79 Å². The predicted molar refractivity (Wildman–Crippen MR) is 78.5 cm³/mol. The van der Waals surface area contributed by atoms with Gasteiger partial charge in [0.15, 0.2) is 5.13 Å². The van der Waals surface area contributed by atoms with Gasteiger partial charge in [-0.05, 0) is 13.8 Å². The van der Waals surface area contributed by atoms with Crippen LogP contribution in [0.1, 0.15) is 35.5 Å². The molecule has 0 aromatic carbocycles. The second-order valence-corrected chi connectivity index (χ2v) is 6.36. The van der Waals surface area contributed by atoms with Gasteiger partial charge in [-0.3, -0.25) is 4.79 Å². The van der Waals surface area contributed by atoms with Gasteiger partial charge in [-0.1, -0.05) is 0 Å². The molecule has 7 heteroatoms. The number of thiazole rings is 2. The largest absolute Gasteiger partial charge is 0.302 e. The minimum absolute atomic E-state index is 0.0968. The van der Waals surface area contributed by atoms with Gasteiger partial charge in [-0.15, -0.1) is 22.7 Å². The minimum Gasteiger partial charge on any atom is -0.302 e. The van der Waals surface area contributed by atoms with Crippen molar-refractivity contribution in [1.82, 2.24) is 15.3 Å². The van der Waals surface area contributed by atoms with Crippen LogP contribution >= 0.6 is 22.7 Å². The molecule has 0 aliphatic carbocycles. The van der Waals surface area contributed by atoms with E-state index in [4.69, 9.17) is 0 Å². The Labute approximate surface area is 120 Å². The molecule has 1 atom stereocenters. The molecule has 0 fully saturated rings. The van der Waals surface area contributed by atoms with Crippen molar-refractivity contribution in [2.24, 2.45) is 0 Å². The van der Waals surface area contributed by atoms with Crippen LogP contribution in [0.5, 0.6) is 0 Å². The molecule has 0 aliphatic rings.